The molecule has 7 nitrogen and oxygen atoms in total. The van der Waals surface area contributed by atoms with Crippen LogP contribution >= 0.6 is 11.6 Å². The molecule has 0 amide bonds. The van der Waals surface area contributed by atoms with Crippen LogP contribution in [-0.2, 0) is 6.18 Å². The second-order valence-corrected chi connectivity index (χ2v) is 5.09. The Morgan fingerprint density at radius 2 is 1.68 bits per heavy atom. The van der Waals surface area contributed by atoms with Crippen LogP contribution in [-0.4, -0.2) is 9.85 Å². The third kappa shape index (κ3) is 3.94. The van der Waals surface area contributed by atoms with Crippen molar-refractivity contribution in [3.63, 3.8) is 0 Å². The molecule has 0 aliphatic carbocycles. The first-order valence-electron chi connectivity index (χ1n) is 6.27. The molecule has 12 heteroatoms. The van der Waals surface area contributed by atoms with Gasteiger partial charge in [-0.1, -0.05) is 11.6 Å². The van der Waals surface area contributed by atoms with Crippen LogP contribution in [0.15, 0.2) is 30.3 Å². The highest BCUT2D eigenvalue weighted by molar-refractivity contribution is 6.30. The summed E-state index contributed by atoms with van der Waals surface area (Å²) in [6, 6.07) is 3.39. The molecule has 0 aliphatic rings. The van der Waals surface area contributed by atoms with Gasteiger partial charge >= 0.3 is 6.18 Å². The number of anilines is 2. The van der Waals surface area contributed by atoms with Crippen molar-refractivity contribution >= 4 is 34.4 Å². The van der Waals surface area contributed by atoms with E-state index in [0.717, 1.165) is 18.2 Å². The fraction of sp³-hybridized carbons (Fsp3) is 0.0769. The van der Waals surface area contributed by atoms with Gasteiger partial charge in [-0.2, -0.15) is 13.2 Å². The summed E-state index contributed by atoms with van der Waals surface area (Å²) in [5.74, 6) is -1.06. The minimum absolute atomic E-state index is 0.0442. The number of non-ortho nitro benzene ring substituents is 1. The summed E-state index contributed by atoms with van der Waals surface area (Å²) in [5, 5.41) is 23.7. The highest BCUT2D eigenvalue weighted by Crippen LogP contribution is 2.44. The fourth-order valence-corrected chi connectivity index (χ4v) is 2.10. The summed E-state index contributed by atoms with van der Waals surface area (Å²) in [5.41, 5.74) is -5.67. The lowest BCUT2D eigenvalue weighted by Crippen LogP contribution is -2.12. The van der Waals surface area contributed by atoms with E-state index in [1.807, 2.05) is 5.32 Å². The van der Waals surface area contributed by atoms with E-state index < -0.39 is 50.2 Å². The summed E-state index contributed by atoms with van der Waals surface area (Å²) >= 11 is 5.53. The van der Waals surface area contributed by atoms with Crippen LogP contribution in [0.1, 0.15) is 5.56 Å². The van der Waals surface area contributed by atoms with E-state index in [1.54, 1.807) is 0 Å². The zero-order chi connectivity index (χ0) is 18.9. The van der Waals surface area contributed by atoms with E-state index in [9.17, 15) is 37.8 Å². The van der Waals surface area contributed by atoms with Crippen molar-refractivity contribution in [3.05, 3.63) is 67.0 Å². The molecule has 0 saturated heterocycles. The Labute approximate surface area is 141 Å². The molecule has 0 bridgehead atoms. The average molecular weight is 380 g/mol. The van der Waals surface area contributed by atoms with Gasteiger partial charge in [0.2, 0.25) is 0 Å². The van der Waals surface area contributed by atoms with Gasteiger partial charge in [0.15, 0.2) is 0 Å². The van der Waals surface area contributed by atoms with Crippen LogP contribution in [0.2, 0.25) is 5.02 Å². The number of nitrogens with zero attached hydrogens (tertiary/aromatic N) is 2. The van der Waals surface area contributed by atoms with Gasteiger partial charge in [0.1, 0.15) is 11.5 Å². The van der Waals surface area contributed by atoms with Gasteiger partial charge in [-0.15, -0.1) is 0 Å². The summed E-state index contributed by atoms with van der Waals surface area (Å²) in [4.78, 5) is 19.4. The van der Waals surface area contributed by atoms with E-state index in [2.05, 4.69) is 0 Å². The fourth-order valence-electron chi connectivity index (χ4n) is 1.94. The van der Waals surface area contributed by atoms with Crippen molar-refractivity contribution < 1.29 is 27.4 Å². The van der Waals surface area contributed by atoms with Crippen molar-refractivity contribution in [2.24, 2.45) is 0 Å². The Morgan fingerprint density at radius 1 is 1.04 bits per heavy atom. The molecule has 0 aromatic heterocycles. The molecule has 0 spiro atoms. The second-order valence-electron chi connectivity index (χ2n) is 4.65. The molecule has 2 rings (SSSR count). The number of nitrogens with one attached hydrogen (secondary N) is 1. The Morgan fingerprint density at radius 3 is 2.16 bits per heavy atom. The normalized spacial score (nSPS) is 11.2. The molecule has 2 aromatic carbocycles. The maximum Gasteiger partial charge on any atom is 0.418 e. The number of nitro benzene ring substituents is 2. The number of nitro groups is 2. The number of rotatable bonds is 4. The molecule has 1 N–H and O–H groups in total. The molecule has 132 valence electrons. The van der Waals surface area contributed by atoms with Crippen molar-refractivity contribution in [2.75, 3.05) is 5.32 Å². The quantitative estimate of drug-likeness (QED) is 0.455. The molecule has 0 saturated carbocycles. The molecule has 0 radical (unpaired) electrons. The summed E-state index contributed by atoms with van der Waals surface area (Å²) in [7, 11) is 0. The predicted molar refractivity (Wildman–Crippen MR) is 79.4 cm³/mol. The first kappa shape index (κ1) is 18.4. The van der Waals surface area contributed by atoms with E-state index >= 15 is 0 Å². The van der Waals surface area contributed by atoms with Crippen LogP contribution in [0.3, 0.4) is 0 Å². The third-order valence-corrected chi connectivity index (χ3v) is 3.24. The molecule has 0 fully saturated rings. The van der Waals surface area contributed by atoms with Gasteiger partial charge in [-0.25, -0.2) is 4.39 Å². The van der Waals surface area contributed by atoms with Gasteiger partial charge in [-0.05, 0) is 18.2 Å². The van der Waals surface area contributed by atoms with Gasteiger partial charge in [-0.3, -0.25) is 20.2 Å². The predicted octanol–water partition coefficient (Wildman–Crippen LogP) is 5.06. The zero-order valence-corrected chi connectivity index (χ0v) is 12.6. The van der Waals surface area contributed by atoms with Crippen LogP contribution in [0.4, 0.5) is 40.3 Å². The summed E-state index contributed by atoms with van der Waals surface area (Å²) in [6.45, 7) is 0. The molecular formula is C13H6ClF4N3O4. The lowest BCUT2D eigenvalue weighted by atomic mass is 10.1. The molecular weight excluding hydrogens is 374 g/mol. The molecule has 0 heterocycles. The van der Waals surface area contributed by atoms with Crippen LogP contribution in [0.5, 0.6) is 0 Å². The van der Waals surface area contributed by atoms with E-state index in [-0.39, 0.29) is 11.1 Å². The highest BCUT2D eigenvalue weighted by atomic mass is 35.5. The Balaban J connectivity index is 2.73. The van der Waals surface area contributed by atoms with E-state index in [4.69, 9.17) is 11.6 Å². The first-order chi connectivity index (χ1) is 11.5. The number of hydrogen-bond acceptors (Lipinski definition) is 5. The van der Waals surface area contributed by atoms with Crippen molar-refractivity contribution in [2.45, 2.75) is 6.18 Å². The third-order valence-electron chi connectivity index (χ3n) is 3.01. The maximum absolute atomic E-state index is 13.8. The van der Waals surface area contributed by atoms with Crippen molar-refractivity contribution in [1.82, 2.24) is 0 Å². The lowest BCUT2D eigenvalue weighted by molar-refractivity contribution is -0.394. The lowest BCUT2D eigenvalue weighted by Gasteiger charge is -2.15. The standard InChI is InChI=1S/C13H6ClF4N3O4/c14-6-1-2-10(9(15)3-6)19-12-8(13(16,17)18)4-7(20(22)23)5-11(12)21(24)25/h1-5,19H. The van der Waals surface area contributed by atoms with Crippen LogP contribution in [0, 0.1) is 26.0 Å². The van der Waals surface area contributed by atoms with Gasteiger partial charge in [0.25, 0.3) is 11.4 Å². The van der Waals surface area contributed by atoms with Gasteiger partial charge < -0.3 is 5.32 Å². The minimum atomic E-state index is -5.16. The molecule has 2 aromatic rings. The number of hydrogen-bond donors (Lipinski definition) is 1. The van der Waals surface area contributed by atoms with E-state index in [0.29, 0.717) is 6.07 Å². The van der Waals surface area contributed by atoms with Crippen molar-refractivity contribution in [3.8, 4) is 0 Å². The van der Waals surface area contributed by atoms with Gasteiger partial charge in [0.05, 0.1) is 27.2 Å². The largest absolute Gasteiger partial charge is 0.418 e. The molecule has 0 atom stereocenters. The number of benzene rings is 2. The Kier molecular flexibility index (Phi) is 4.79. The minimum Gasteiger partial charge on any atom is -0.347 e. The highest BCUT2D eigenvalue weighted by Gasteiger charge is 2.39. The molecule has 0 aliphatic heterocycles. The topological polar surface area (TPSA) is 98.3 Å². The summed E-state index contributed by atoms with van der Waals surface area (Å²) in [6.07, 6.45) is -5.16. The van der Waals surface area contributed by atoms with Gasteiger partial charge in [0, 0.05) is 11.1 Å². The number of alkyl halides is 3. The molecule has 0 unspecified atom stereocenters. The van der Waals surface area contributed by atoms with Crippen molar-refractivity contribution in [1.29, 1.82) is 0 Å². The first-order valence-corrected chi connectivity index (χ1v) is 6.64. The average Bonchev–Trinajstić information content (AvgIpc) is 2.48. The second kappa shape index (κ2) is 6.51. The number of halogens is 5. The smallest absolute Gasteiger partial charge is 0.347 e. The SMILES string of the molecule is O=[N+]([O-])c1cc([N+](=O)[O-])c(Nc2ccc(Cl)cc2F)c(C(F)(F)F)c1. The zero-order valence-electron chi connectivity index (χ0n) is 11.8. The van der Waals surface area contributed by atoms with Crippen LogP contribution in [0.25, 0.3) is 0 Å². The monoisotopic (exact) mass is 379 g/mol. The Hall–Kier alpha value is -2.95. The van der Waals surface area contributed by atoms with Crippen LogP contribution < -0.4 is 5.32 Å². The maximum atomic E-state index is 13.8. The Bertz CT molecular complexity index is 873. The summed E-state index contributed by atoms with van der Waals surface area (Å²) < 4.78 is 53.4. The molecule has 25 heavy (non-hydrogen) atoms. The van der Waals surface area contributed by atoms with E-state index in [1.165, 1.54) is 0 Å².